The van der Waals surface area contributed by atoms with Crippen LogP contribution in [0.1, 0.15) is 57.8 Å². The summed E-state index contributed by atoms with van der Waals surface area (Å²) >= 11 is 5.48. The first-order valence-corrected chi connectivity index (χ1v) is 10.4. The molecule has 1 aromatic heterocycles. The second-order valence-corrected chi connectivity index (χ2v) is 8.99. The fourth-order valence-electron chi connectivity index (χ4n) is 4.15. The van der Waals surface area contributed by atoms with E-state index in [4.69, 9.17) is 0 Å². The molecule has 0 saturated heterocycles. The molecular weight excluding hydrogens is 383 g/mol. The van der Waals surface area contributed by atoms with Crippen molar-refractivity contribution < 1.29 is 18.0 Å². The van der Waals surface area contributed by atoms with Crippen LogP contribution in [0.5, 0.6) is 0 Å². The molecule has 3 rings (SSSR count). The molecule has 2 aliphatic carbocycles. The highest BCUT2D eigenvalue weighted by Crippen LogP contribution is 2.40. The summed E-state index contributed by atoms with van der Waals surface area (Å²) in [5.41, 5.74) is 0. The molecule has 0 bridgehead atoms. The Kier molecular flexibility index (Phi) is 6.37. The van der Waals surface area contributed by atoms with Crippen molar-refractivity contribution in [2.75, 3.05) is 5.32 Å². The van der Waals surface area contributed by atoms with Crippen LogP contribution in [0.3, 0.4) is 0 Å². The first-order chi connectivity index (χ1) is 12.3. The number of thiazole rings is 1. The number of nitrogens with zero attached hydrogens (tertiary/aromatic N) is 2. The number of hydrogen-bond acceptors (Lipinski definition) is 4. The normalized spacial score (nSPS) is 25.1. The van der Waals surface area contributed by atoms with E-state index in [2.05, 4.69) is 22.9 Å². The Balaban J connectivity index is 1.70. The lowest BCUT2D eigenvalue weighted by Gasteiger charge is -2.42. The summed E-state index contributed by atoms with van der Waals surface area (Å²) in [6, 6.07) is -0.270. The van der Waals surface area contributed by atoms with Gasteiger partial charge in [0.05, 0.1) is 16.3 Å². The minimum atomic E-state index is -4.13. The molecule has 2 fully saturated rings. The van der Waals surface area contributed by atoms with Crippen LogP contribution >= 0.6 is 24.0 Å². The Labute approximate surface area is 161 Å². The number of carbonyl (C=O) groups is 1. The number of halogens is 3. The van der Waals surface area contributed by atoms with Crippen LogP contribution in [-0.4, -0.2) is 34.2 Å². The van der Waals surface area contributed by atoms with Gasteiger partial charge in [-0.3, -0.25) is 5.32 Å². The van der Waals surface area contributed by atoms with Crippen LogP contribution in [0.25, 0.3) is 0 Å². The average Bonchev–Trinajstić information content (AvgIpc) is 3.00. The number of hydrogen-bond donors (Lipinski definition) is 2. The largest absolute Gasteiger partial charge is 0.391 e. The van der Waals surface area contributed by atoms with Gasteiger partial charge in [0.25, 0.3) is 0 Å². The third-order valence-corrected chi connectivity index (χ3v) is 6.57. The van der Waals surface area contributed by atoms with Crippen LogP contribution in [0.15, 0.2) is 10.4 Å². The quantitative estimate of drug-likeness (QED) is 0.630. The van der Waals surface area contributed by atoms with Crippen LogP contribution in [0.2, 0.25) is 0 Å². The maximum absolute atomic E-state index is 13.0. The van der Waals surface area contributed by atoms with Crippen molar-refractivity contribution in [2.45, 2.75) is 80.3 Å². The lowest BCUT2D eigenvalue weighted by atomic mass is 9.83. The Morgan fingerprint density at radius 1 is 1.12 bits per heavy atom. The van der Waals surface area contributed by atoms with Crippen molar-refractivity contribution in [1.29, 1.82) is 0 Å². The van der Waals surface area contributed by atoms with Gasteiger partial charge in [-0.2, -0.15) is 13.2 Å². The van der Waals surface area contributed by atoms with Gasteiger partial charge in [0, 0.05) is 12.1 Å². The molecule has 9 heteroatoms. The van der Waals surface area contributed by atoms with Gasteiger partial charge in [-0.15, -0.1) is 12.6 Å². The Morgan fingerprint density at radius 2 is 1.73 bits per heavy atom. The van der Waals surface area contributed by atoms with E-state index in [0.29, 0.717) is 22.2 Å². The zero-order valence-corrected chi connectivity index (χ0v) is 16.2. The van der Waals surface area contributed by atoms with Crippen molar-refractivity contribution in [3.8, 4) is 0 Å². The molecule has 1 N–H and O–H groups in total. The van der Waals surface area contributed by atoms with Crippen molar-refractivity contribution in [3.05, 3.63) is 6.20 Å². The molecule has 0 aliphatic heterocycles. The van der Waals surface area contributed by atoms with Crippen LogP contribution in [0, 0.1) is 5.92 Å². The Morgan fingerprint density at radius 3 is 2.27 bits per heavy atom. The first-order valence-electron chi connectivity index (χ1n) is 9.15. The van der Waals surface area contributed by atoms with Crippen molar-refractivity contribution in [3.63, 3.8) is 0 Å². The maximum Gasteiger partial charge on any atom is 0.391 e. The molecule has 0 spiro atoms. The van der Waals surface area contributed by atoms with Crippen LogP contribution in [0.4, 0.5) is 23.1 Å². The van der Waals surface area contributed by atoms with Crippen LogP contribution < -0.4 is 5.32 Å². The molecule has 1 aromatic rings. The number of carbonyl (C=O) groups excluding carboxylic acids is 1. The molecule has 4 nitrogen and oxygen atoms in total. The predicted octanol–water partition coefficient (Wildman–Crippen LogP) is 5.72. The van der Waals surface area contributed by atoms with Gasteiger partial charge >= 0.3 is 12.2 Å². The number of alkyl halides is 3. The summed E-state index contributed by atoms with van der Waals surface area (Å²) in [6.45, 7) is 0. The summed E-state index contributed by atoms with van der Waals surface area (Å²) in [6.07, 6.45) is 3.57. The molecule has 1 heterocycles. The SMILES string of the molecule is O=C(Nc1ncc(S)s1)N(C1CCCCC1)C1CCC(C(F)(F)F)CC1. The Bertz CT molecular complexity index is 609. The van der Waals surface area contributed by atoms with Crippen molar-refractivity contribution in [1.82, 2.24) is 9.88 Å². The monoisotopic (exact) mass is 407 g/mol. The Hall–Kier alpha value is -0.960. The molecule has 0 unspecified atom stereocenters. The van der Waals surface area contributed by atoms with Gasteiger partial charge in [-0.25, -0.2) is 9.78 Å². The lowest BCUT2D eigenvalue weighted by Crippen LogP contribution is -2.51. The summed E-state index contributed by atoms with van der Waals surface area (Å²) < 4.78 is 39.6. The summed E-state index contributed by atoms with van der Waals surface area (Å²) in [7, 11) is 0. The number of aromatic nitrogens is 1. The number of urea groups is 1. The van der Waals surface area contributed by atoms with E-state index < -0.39 is 12.1 Å². The zero-order valence-electron chi connectivity index (χ0n) is 14.5. The second kappa shape index (κ2) is 8.37. The summed E-state index contributed by atoms with van der Waals surface area (Å²) in [4.78, 5) is 18.9. The van der Waals surface area contributed by atoms with Gasteiger partial charge in [0.2, 0.25) is 0 Å². The average molecular weight is 408 g/mol. The highest BCUT2D eigenvalue weighted by molar-refractivity contribution is 7.83. The van der Waals surface area contributed by atoms with E-state index in [1.54, 1.807) is 6.20 Å². The van der Waals surface area contributed by atoms with Crippen molar-refractivity contribution >= 4 is 35.1 Å². The number of thiol groups is 1. The number of rotatable bonds is 3. The van der Waals surface area contributed by atoms with Gasteiger partial charge in [0.1, 0.15) is 0 Å². The third kappa shape index (κ3) is 4.85. The number of amides is 2. The smallest absolute Gasteiger partial charge is 0.319 e. The fourth-order valence-corrected chi connectivity index (χ4v) is 5.01. The van der Waals surface area contributed by atoms with E-state index in [1.807, 2.05) is 4.90 Å². The van der Waals surface area contributed by atoms with E-state index in [0.717, 1.165) is 32.1 Å². The minimum absolute atomic E-state index is 0.0999. The number of nitrogens with one attached hydrogen (secondary N) is 1. The lowest BCUT2D eigenvalue weighted by molar-refractivity contribution is -0.184. The molecule has 0 atom stereocenters. The van der Waals surface area contributed by atoms with Gasteiger partial charge in [0.15, 0.2) is 5.13 Å². The third-order valence-electron chi connectivity index (χ3n) is 5.46. The zero-order chi connectivity index (χ0) is 18.7. The predicted molar refractivity (Wildman–Crippen MR) is 98.9 cm³/mol. The molecule has 146 valence electrons. The van der Waals surface area contributed by atoms with Gasteiger partial charge in [-0.1, -0.05) is 30.6 Å². The fraction of sp³-hybridized carbons (Fsp3) is 0.765. The summed E-state index contributed by atoms with van der Waals surface area (Å²) in [5.74, 6) is -1.24. The van der Waals surface area contributed by atoms with E-state index in [-0.39, 0.29) is 31.0 Å². The second-order valence-electron chi connectivity index (χ2n) is 7.18. The standard InChI is InChI=1S/C17H24F3N3OS2/c18-17(19,20)11-6-8-13(9-7-11)23(12-4-2-1-3-5-12)16(24)22-15-21-10-14(25)26-15/h10-13,25H,1-9H2,(H,21,22,24). The van der Waals surface area contributed by atoms with E-state index in [9.17, 15) is 18.0 Å². The van der Waals surface area contributed by atoms with Crippen molar-refractivity contribution in [2.24, 2.45) is 5.92 Å². The topological polar surface area (TPSA) is 45.2 Å². The highest BCUT2D eigenvalue weighted by Gasteiger charge is 2.43. The molecule has 2 amide bonds. The molecule has 2 aliphatic rings. The minimum Gasteiger partial charge on any atom is -0.319 e. The van der Waals surface area contributed by atoms with Gasteiger partial charge < -0.3 is 4.90 Å². The maximum atomic E-state index is 13.0. The summed E-state index contributed by atoms with van der Waals surface area (Å²) in [5, 5.41) is 3.30. The van der Waals surface area contributed by atoms with E-state index >= 15 is 0 Å². The molecule has 2 saturated carbocycles. The first kappa shape index (κ1) is 19.8. The molecule has 0 radical (unpaired) electrons. The molecule has 0 aromatic carbocycles. The van der Waals surface area contributed by atoms with Gasteiger partial charge in [-0.05, 0) is 38.5 Å². The number of anilines is 1. The molecule has 26 heavy (non-hydrogen) atoms. The highest BCUT2D eigenvalue weighted by atomic mass is 32.2. The van der Waals surface area contributed by atoms with E-state index in [1.165, 1.54) is 11.3 Å². The molecular formula is C17H24F3N3OS2. The van der Waals surface area contributed by atoms with Crippen LogP contribution in [-0.2, 0) is 0 Å².